The molecule has 2 rings (SSSR count). The maximum atomic E-state index is 12.4. The number of aliphatic hydroxyl groups excluding tert-OH is 1. The van der Waals surface area contributed by atoms with E-state index in [2.05, 4.69) is 20.7 Å². The minimum absolute atomic E-state index is 0.115. The van der Waals surface area contributed by atoms with Crippen molar-refractivity contribution in [3.05, 3.63) is 57.6 Å². The summed E-state index contributed by atoms with van der Waals surface area (Å²) in [5.41, 5.74) is 2.28. The summed E-state index contributed by atoms with van der Waals surface area (Å²) in [7, 11) is 0. The Bertz CT molecular complexity index is 692. The predicted molar refractivity (Wildman–Crippen MR) is 92.1 cm³/mol. The third kappa shape index (κ3) is 4.68. The van der Waals surface area contributed by atoms with Crippen molar-refractivity contribution in [2.45, 2.75) is 26.4 Å². The van der Waals surface area contributed by atoms with Crippen LogP contribution in [0.3, 0.4) is 0 Å². The fraction of sp³-hybridized carbons (Fsp3) is 0.333. The maximum absolute atomic E-state index is 12.4. The van der Waals surface area contributed by atoms with Crippen molar-refractivity contribution >= 4 is 15.9 Å². The second-order valence-electron chi connectivity index (χ2n) is 5.29. The van der Waals surface area contributed by atoms with E-state index in [1.165, 1.54) is 6.07 Å². The molecule has 1 atom stereocenters. The number of alkyl halides is 2. The third-order valence-corrected chi connectivity index (χ3v) is 4.06. The van der Waals surface area contributed by atoms with Crippen molar-refractivity contribution < 1.29 is 23.4 Å². The predicted octanol–water partition coefficient (Wildman–Crippen LogP) is 4.88. The molecular formula is C18H19BrF2O3. The van der Waals surface area contributed by atoms with Gasteiger partial charge in [0.15, 0.2) is 0 Å². The first kappa shape index (κ1) is 18.7. The Hall–Kier alpha value is -1.66. The summed E-state index contributed by atoms with van der Waals surface area (Å²) >= 11 is 3.44. The number of aryl methyl sites for hydroxylation is 1. The van der Waals surface area contributed by atoms with Crippen LogP contribution in [0.5, 0.6) is 11.5 Å². The van der Waals surface area contributed by atoms with E-state index in [9.17, 15) is 13.9 Å². The van der Waals surface area contributed by atoms with E-state index in [0.29, 0.717) is 17.9 Å². The van der Waals surface area contributed by atoms with Gasteiger partial charge in [-0.2, -0.15) is 8.78 Å². The minimum atomic E-state index is -2.86. The van der Waals surface area contributed by atoms with Crippen LogP contribution >= 0.6 is 15.9 Å². The summed E-state index contributed by atoms with van der Waals surface area (Å²) < 4.78 is 35.6. The first-order valence-corrected chi connectivity index (χ1v) is 8.33. The van der Waals surface area contributed by atoms with E-state index in [4.69, 9.17) is 4.74 Å². The number of benzene rings is 2. The zero-order valence-corrected chi connectivity index (χ0v) is 15.0. The molecule has 130 valence electrons. The summed E-state index contributed by atoms with van der Waals surface area (Å²) in [5.74, 6) is 0.547. The molecule has 1 N–H and O–H groups in total. The molecule has 6 heteroatoms. The second kappa shape index (κ2) is 8.44. The van der Waals surface area contributed by atoms with Crippen molar-refractivity contribution in [1.29, 1.82) is 0 Å². The summed E-state index contributed by atoms with van der Waals surface area (Å²) in [6.45, 7) is 1.16. The van der Waals surface area contributed by atoms with Gasteiger partial charge in [0.05, 0.1) is 13.2 Å². The van der Waals surface area contributed by atoms with Crippen LogP contribution in [-0.4, -0.2) is 24.9 Å². The highest BCUT2D eigenvalue weighted by atomic mass is 79.9. The Morgan fingerprint density at radius 1 is 1.12 bits per heavy atom. The van der Waals surface area contributed by atoms with Gasteiger partial charge in [-0.25, -0.2) is 0 Å². The lowest BCUT2D eigenvalue weighted by molar-refractivity contribution is -0.0503. The van der Waals surface area contributed by atoms with Gasteiger partial charge in [0, 0.05) is 10.4 Å². The van der Waals surface area contributed by atoms with Crippen LogP contribution in [-0.2, 0) is 0 Å². The molecule has 3 nitrogen and oxygen atoms in total. The molecule has 0 bridgehead atoms. The second-order valence-corrected chi connectivity index (χ2v) is 6.21. The van der Waals surface area contributed by atoms with Gasteiger partial charge in [0.1, 0.15) is 11.5 Å². The van der Waals surface area contributed by atoms with Crippen molar-refractivity contribution in [3.8, 4) is 11.5 Å². The number of rotatable bonds is 7. The highest BCUT2D eigenvalue weighted by Gasteiger charge is 2.17. The molecule has 0 aliphatic carbocycles. The molecule has 0 aliphatic rings. The van der Waals surface area contributed by atoms with Crippen LogP contribution in [0.15, 0.2) is 40.9 Å². The van der Waals surface area contributed by atoms with Gasteiger partial charge in [-0.3, -0.25) is 0 Å². The molecule has 0 spiro atoms. The Kier molecular flexibility index (Phi) is 6.57. The molecule has 2 aromatic rings. The smallest absolute Gasteiger partial charge is 0.387 e. The van der Waals surface area contributed by atoms with Crippen molar-refractivity contribution in [3.63, 3.8) is 0 Å². The molecule has 0 fully saturated rings. The monoisotopic (exact) mass is 400 g/mol. The normalized spacial score (nSPS) is 12.3. The number of hydrogen-bond acceptors (Lipinski definition) is 3. The van der Waals surface area contributed by atoms with Crippen LogP contribution in [0.2, 0.25) is 0 Å². The van der Waals surface area contributed by atoms with Crippen molar-refractivity contribution in [2.75, 3.05) is 13.2 Å². The topological polar surface area (TPSA) is 38.7 Å². The SMILES string of the molecule is CCOc1cc(Br)cc(C(CO)c2ccc(OC(F)F)c(C)c2)c1. The average Bonchev–Trinajstić information content (AvgIpc) is 2.50. The summed E-state index contributed by atoms with van der Waals surface area (Å²) in [6, 6.07) is 10.6. The van der Waals surface area contributed by atoms with Crippen LogP contribution in [0.25, 0.3) is 0 Å². The van der Waals surface area contributed by atoms with Gasteiger partial charge in [-0.15, -0.1) is 0 Å². The van der Waals surface area contributed by atoms with Gasteiger partial charge in [0.25, 0.3) is 0 Å². The molecule has 0 aliphatic heterocycles. The van der Waals surface area contributed by atoms with Gasteiger partial charge < -0.3 is 14.6 Å². The quantitative estimate of drug-likeness (QED) is 0.719. The summed E-state index contributed by atoms with van der Waals surface area (Å²) in [6.07, 6.45) is 0. The van der Waals surface area contributed by atoms with E-state index in [1.807, 2.05) is 25.1 Å². The highest BCUT2D eigenvalue weighted by Crippen LogP contribution is 2.32. The standard InChI is InChI=1S/C18H19BrF2O3/c1-3-23-15-8-13(7-14(19)9-15)16(10-22)12-4-5-17(11(2)6-12)24-18(20)21/h4-9,16,18,22H,3,10H2,1-2H3. The van der Waals surface area contributed by atoms with E-state index in [-0.39, 0.29) is 18.3 Å². The fourth-order valence-electron chi connectivity index (χ4n) is 2.56. The van der Waals surface area contributed by atoms with Crippen LogP contribution in [0, 0.1) is 6.92 Å². The van der Waals surface area contributed by atoms with Gasteiger partial charge in [0.2, 0.25) is 0 Å². The lowest BCUT2D eigenvalue weighted by atomic mass is 9.91. The molecule has 2 aromatic carbocycles. The Morgan fingerprint density at radius 3 is 2.46 bits per heavy atom. The summed E-state index contributed by atoms with van der Waals surface area (Å²) in [4.78, 5) is 0. The molecule has 24 heavy (non-hydrogen) atoms. The Morgan fingerprint density at radius 2 is 1.88 bits per heavy atom. The van der Waals surface area contributed by atoms with E-state index >= 15 is 0 Å². The average molecular weight is 401 g/mol. The molecular weight excluding hydrogens is 382 g/mol. The summed E-state index contributed by atoms with van der Waals surface area (Å²) in [5, 5.41) is 9.84. The zero-order valence-electron chi connectivity index (χ0n) is 13.4. The number of hydrogen-bond donors (Lipinski definition) is 1. The number of aliphatic hydroxyl groups is 1. The molecule has 0 heterocycles. The van der Waals surface area contributed by atoms with Crippen molar-refractivity contribution in [2.24, 2.45) is 0 Å². The maximum Gasteiger partial charge on any atom is 0.387 e. The van der Waals surface area contributed by atoms with Crippen LogP contribution in [0.4, 0.5) is 8.78 Å². The third-order valence-electron chi connectivity index (χ3n) is 3.61. The largest absolute Gasteiger partial charge is 0.494 e. The number of ether oxygens (including phenoxy) is 2. The molecule has 0 saturated heterocycles. The van der Waals surface area contributed by atoms with Crippen molar-refractivity contribution in [1.82, 2.24) is 0 Å². The van der Waals surface area contributed by atoms with E-state index in [1.54, 1.807) is 19.1 Å². The zero-order chi connectivity index (χ0) is 17.7. The minimum Gasteiger partial charge on any atom is -0.494 e. The van der Waals surface area contributed by atoms with Crippen LogP contribution in [0.1, 0.15) is 29.5 Å². The lowest BCUT2D eigenvalue weighted by Gasteiger charge is -2.18. The Balaban J connectivity index is 2.36. The molecule has 1 unspecified atom stereocenters. The van der Waals surface area contributed by atoms with E-state index < -0.39 is 6.61 Å². The van der Waals surface area contributed by atoms with Gasteiger partial charge in [-0.05, 0) is 54.8 Å². The molecule has 0 aromatic heterocycles. The Labute approximate surface area is 148 Å². The fourth-order valence-corrected chi connectivity index (χ4v) is 3.05. The molecule has 0 amide bonds. The van der Waals surface area contributed by atoms with Gasteiger partial charge >= 0.3 is 6.61 Å². The van der Waals surface area contributed by atoms with Crippen LogP contribution < -0.4 is 9.47 Å². The first-order valence-electron chi connectivity index (χ1n) is 7.54. The lowest BCUT2D eigenvalue weighted by Crippen LogP contribution is -2.08. The first-order chi connectivity index (χ1) is 11.4. The van der Waals surface area contributed by atoms with Gasteiger partial charge in [-0.1, -0.05) is 28.1 Å². The molecule has 0 radical (unpaired) electrons. The molecule has 0 saturated carbocycles. The highest BCUT2D eigenvalue weighted by molar-refractivity contribution is 9.10. The van der Waals surface area contributed by atoms with E-state index in [0.717, 1.165) is 15.6 Å². The number of halogens is 3.